The summed E-state index contributed by atoms with van der Waals surface area (Å²) in [7, 11) is 0. The van der Waals surface area contributed by atoms with Crippen LogP contribution in [0.5, 0.6) is 0 Å². The second-order valence-corrected chi connectivity index (χ2v) is 5.66. The molecular weight excluding hydrogens is 246 g/mol. The number of benzene rings is 1. The first-order chi connectivity index (χ1) is 8.77. The fourth-order valence-corrected chi connectivity index (χ4v) is 3.52. The topological polar surface area (TPSA) is 54.7 Å². The summed E-state index contributed by atoms with van der Waals surface area (Å²) < 4.78 is 0. The van der Waals surface area contributed by atoms with Crippen molar-refractivity contribution in [2.45, 2.75) is 37.5 Å². The van der Waals surface area contributed by atoms with Crippen molar-refractivity contribution in [1.29, 1.82) is 0 Å². The highest BCUT2D eigenvalue weighted by Gasteiger charge is 2.34. The first-order valence-corrected chi connectivity index (χ1v) is 6.98. The van der Waals surface area contributed by atoms with Gasteiger partial charge < -0.3 is 5.73 Å². The molecule has 3 nitrogen and oxygen atoms in total. The molecule has 1 heterocycles. The van der Waals surface area contributed by atoms with Crippen LogP contribution >= 0.6 is 11.6 Å². The lowest BCUT2D eigenvalue weighted by Gasteiger charge is -2.37. The van der Waals surface area contributed by atoms with Gasteiger partial charge in [0, 0.05) is 17.3 Å². The molecule has 0 bridgehead atoms. The highest BCUT2D eigenvalue weighted by molar-refractivity contribution is 6.34. The van der Waals surface area contributed by atoms with Gasteiger partial charge in [0.15, 0.2) is 0 Å². The molecule has 0 amide bonds. The molecule has 0 spiro atoms. The SMILES string of the molecule is NCC1(c2cccc3n[nH]c(Cl)c23)CCCCC1. The van der Waals surface area contributed by atoms with Crippen molar-refractivity contribution in [2.24, 2.45) is 5.73 Å². The van der Waals surface area contributed by atoms with Crippen molar-refractivity contribution in [3.63, 3.8) is 0 Å². The first kappa shape index (κ1) is 12.0. The monoisotopic (exact) mass is 263 g/mol. The van der Waals surface area contributed by atoms with Gasteiger partial charge in [0.05, 0.1) is 5.52 Å². The van der Waals surface area contributed by atoms with Gasteiger partial charge in [-0.1, -0.05) is 43.0 Å². The molecule has 1 aliphatic carbocycles. The Balaban J connectivity index is 2.20. The number of fused-ring (bicyclic) bond motifs is 1. The third kappa shape index (κ3) is 1.73. The van der Waals surface area contributed by atoms with E-state index in [0.29, 0.717) is 11.7 Å². The summed E-state index contributed by atoms with van der Waals surface area (Å²) in [6, 6.07) is 6.22. The molecule has 3 rings (SSSR count). The first-order valence-electron chi connectivity index (χ1n) is 6.60. The van der Waals surface area contributed by atoms with Gasteiger partial charge in [-0.05, 0) is 24.5 Å². The molecule has 96 valence electrons. The normalized spacial score (nSPS) is 19.2. The fraction of sp³-hybridized carbons (Fsp3) is 0.500. The smallest absolute Gasteiger partial charge is 0.132 e. The molecule has 0 radical (unpaired) electrons. The summed E-state index contributed by atoms with van der Waals surface area (Å²) >= 11 is 6.26. The number of aromatic amines is 1. The second kappa shape index (κ2) is 4.56. The number of rotatable bonds is 2. The Labute approximate surface area is 112 Å². The molecule has 0 unspecified atom stereocenters. The number of hydrogen-bond acceptors (Lipinski definition) is 2. The van der Waals surface area contributed by atoms with Crippen LogP contribution in [0, 0.1) is 0 Å². The van der Waals surface area contributed by atoms with E-state index in [4.69, 9.17) is 17.3 Å². The Morgan fingerprint density at radius 2 is 2.06 bits per heavy atom. The van der Waals surface area contributed by atoms with Crippen molar-refractivity contribution >= 4 is 22.5 Å². The average molecular weight is 264 g/mol. The van der Waals surface area contributed by atoms with Crippen molar-refractivity contribution in [3.05, 3.63) is 28.9 Å². The molecule has 1 aromatic heterocycles. The number of aromatic nitrogens is 2. The zero-order valence-corrected chi connectivity index (χ0v) is 11.1. The Morgan fingerprint density at radius 3 is 2.78 bits per heavy atom. The zero-order valence-electron chi connectivity index (χ0n) is 10.4. The van der Waals surface area contributed by atoms with Crippen molar-refractivity contribution in [1.82, 2.24) is 10.2 Å². The van der Waals surface area contributed by atoms with Gasteiger partial charge >= 0.3 is 0 Å². The summed E-state index contributed by atoms with van der Waals surface area (Å²) in [4.78, 5) is 0. The van der Waals surface area contributed by atoms with Crippen LogP contribution in [0.2, 0.25) is 5.15 Å². The van der Waals surface area contributed by atoms with E-state index in [-0.39, 0.29) is 5.41 Å². The molecule has 3 N–H and O–H groups in total. The maximum absolute atomic E-state index is 6.26. The minimum absolute atomic E-state index is 0.0886. The van der Waals surface area contributed by atoms with Gasteiger partial charge in [0.2, 0.25) is 0 Å². The Bertz CT molecular complexity index is 555. The lowest BCUT2D eigenvalue weighted by atomic mass is 9.68. The van der Waals surface area contributed by atoms with Crippen LogP contribution in [0.1, 0.15) is 37.7 Å². The van der Waals surface area contributed by atoms with E-state index in [1.165, 1.54) is 24.8 Å². The van der Waals surface area contributed by atoms with Crippen LogP contribution in [-0.2, 0) is 5.41 Å². The summed E-state index contributed by atoms with van der Waals surface area (Å²) in [5.41, 5.74) is 8.41. The van der Waals surface area contributed by atoms with E-state index in [1.807, 2.05) is 6.07 Å². The number of nitrogens with zero attached hydrogens (tertiary/aromatic N) is 1. The summed E-state index contributed by atoms with van der Waals surface area (Å²) in [6.45, 7) is 0.688. The van der Waals surface area contributed by atoms with Crippen LogP contribution < -0.4 is 5.73 Å². The Kier molecular flexibility index (Phi) is 3.04. The van der Waals surface area contributed by atoms with E-state index in [0.717, 1.165) is 23.7 Å². The van der Waals surface area contributed by atoms with E-state index < -0.39 is 0 Å². The van der Waals surface area contributed by atoms with Gasteiger partial charge in [0.25, 0.3) is 0 Å². The third-order valence-electron chi connectivity index (χ3n) is 4.31. The Morgan fingerprint density at radius 1 is 1.28 bits per heavy atom. The average Bonchev–Trinajstić information content (AvgIpc) is 2.81. The molecule has 18 heavy (non-hydrogen) atoms. The highest BCUT2D eigenvalue weighted by atomic mass is 35.5. The van der Waals surface area contributed by atoms with Gasteiger partial charge in [-0.25, -0.2) is 0 Å². The molecule has 0 atom stereocenters. The molecule has 4 heteroatoms. The van der Waals surface area contributed by atoms with Gasteiger partial charge in [0.1, 0.15) is 5.15 Å². The van der Waals surface area contributed by atoms with Crippen LogP contribution in [0.15, 0.2) is 18.2 Å². The van der Waals surface area contributed by atoms with E-state index in [9.17, 15) is 0 Å². The quantitative estimate of drug-likeness (QED) is 0.873. The van der Waals surface area contributed by atoms with Crippen molar-refractivity contribution < 1.29 is 0 Å². The Hall–Kier alpha value is -1.06. The number of nitrogens with one attached hydrogen (secondary N) is 1. The summed E-state index contributed by atoms with van der Waals surface area (Å²) in [6.07, 6.45) is 6.14. The summed E-state index contributed by atoms with van der Waals surface area (Å²) in [5.74, 6) is 0. The number of hydrogen-bond donors (Lipinski definition) is 2. The molecular formula is C14H18ClN3. The van der Waals surface area contributed by atoms with Crippen molar-refractivity contribution in [2.75, 3.05) is 6.54 Å². The summed E-state index contributed by atoms with van der Waals surface area (Å²) in [5, 5.41) is 8.81. The van der Waals surface area contributed by atoms with E-state index >= 15 is 0 Å². The zero-order chi connectivity index (χ0) is 12.6. The van der Waals surface area contributed by atoms with Crippen LogP contribution in [0.25, 0.3) is 10.9 Å². The molecule has 1 saturated carbocycles. The number of H-pyrrole nitrogens is 1. The minimum atomic E-state index is 0.0886. The largest absolute Gasteiger partial charge is 0.330 e. The predicted octanol–water partition coefficient (Wildman–Crippen LogP) is 3.38. The molecule has 1 aromatic carbocycles. The van der Waals surface area contributed by atoms with Gasteiger partial charge in [-0.15, -0.1) is 0 Å². The molecule has 1 aliphatic rings. The third-order valence-corrected chi connectivity index (χ3v) is 4.58. The second-order valence-electron chi connectivity index (χ2n) is 5.28. The minimum Gasteiger partial charge on any atom is -0.330 e. The number of nitrogens with two attached hydrogens (primary N) is 1. The van der Waals surface area contributed by atoms with Crippen molar-refractivity contribution in [3.8, 4) is 0 Å². The van der Waals surface area contributed by atoms with E-state index in [2.05, 4.69) is 22.3 Å². The lowest BCUT2D eigenvalue weighted by Crippen LogP contribution is -2.37. The maximum Gasteiger partial charge on any atom is 0.132 e. The lowest BCUT2D eigenvalue weighted by molar-refractivity contribution is 0.303. The van der Waals surface area contributed by atoms with Crippen LogP contribution in [0.3, 0.4) is 0 Å². The standard InChI is InChI=1S/C14H18ClN3/c15-13-12-10(5-4-6-11(12)17-18-13)14(9-16)7-2-1-3-8-14/h4-6H,1-3,7-9,16H2,(H,17,18). The molecule has 2 aromatic rings. The van der Waals surface area contributed by atoms with Crippen LogP contribution in [-0.4, -0.2) is 16.7 Å². The highest BCUT2D eigenvalue weighted by Crippen LogP contribution is 2.42. The molecule has 0 saturated heterocycles. The molecule has 1 fully saturated rings. The molecule has 0 aliphatic heterocycles. The van der Waals surface area contributed by atoms with Gasteiger partial charge in [-0.2, -0.15) is 5.10 Å². The van der Waals surface area contributed by atoms with E-state index in [1.54, 1.807) is 0 Å². The number of halogens is 1. The maximum atomic E-state index is 6.26. The van der Waals surface area contributed by atoms with Gasteiger partial charge in [-0.3, -0.25) is 5.10 Å². The predicted molar refractivity (Wildman–Crippen MR) is 74.9 cm³/mol. The van der Waals surface area contributed by atoms with Crippen LogP contribution in [0.4, 0.5) is 0 Å². The fourth-order valence-electron chi connectivity index (χ4n) is 3.28.